The number of rotatable bonds is 7. The Morgan fingerprint density at radius 3 is 2.74 bits per heavy atom. The highest BCUT2D eigenvalue weighted by molar-refractivity contribution is 5.73. The fourth-order valence-corrected chi connectivity index (χ4v) is 2.38. The van der Waals surface area contributed by atoms with Crippen LogP contribution >= 0.6 is 0 Å². The van der Waals surface area contributed by atoms with Crippen LogP contribution in [0.1, 0.15) is 17.5 Å². The zero-order chi connectivity index (χ0) is 16.5. The molecule has 1 aliphatic heterocycles. The van der Waals surface area contributed by atoms with Gasteiger partial charge in [0.1, 0.15) is 5.75 Å². The van der Waals surface area contributed by atoms with Crippen molar-refractivity contribution < 1.29 is 14.3 Å². The summed E-state index contributed by atoms with van der Waals surface area (Å²) in [4.78, 5) is 14.0. The Morgan fingerprint density at radius 2 is 2.00 bits per heavy atom. The maximum atomic E-state index is 11.7. The number of carbonyl (C=O) groups excluding carboxylic acids is 1. The van der Waals surface area contributed by atoms with Crippen molar-refractivity contribution in [2.75, 3.05) is 46.1 Å². The van der Waals surface area contributed by atoms with Crippen molar-refractivity contribution in [1.82, 2.24) is 15.5 Å². The number of hydrogen-bond acceptors (Lipinski definition) is 4. The van der Waals surface area contributed by atoms with E-state index in [2.05, 4.69) is 22.5 Å². The highest BCUT2D eigenvalue weighted by Gasteiger charge is 2.09. The average molecular weight is 321 g/mol. The molecular weight excluding hydrogens is 294 g/mol. The van der Waals surface area contributed by atoms with Gasteiger partial charge in [-0.05, 0) is 50.1 Å². The van der Waals surface area contributed by atoms with E-state index in [9.17, 15) is 4.79 Å². The van der Waals surface area contributed by atoms with E-state index in [0.29, 0.717) is 6.54 Å². The number of urea groups is 1. The summed E-state index contributed by atoms with van der Waals surface area (Å²) in [5.74, 6) is 0.765. The van der Waals surface area contributed by atoms with Gasteiger partial charge in [-0.15, -0.1) is 0 Å². The van der Waals surface area contributed by atoms with Gasteiger partial charge in [-0.3, -0.25) is 4.90 Å². The minimum atomic E-state index is -0.198. The molecule has 6 heteroatoms. The van der Waals surface area contributed by atoms with E-state index in [1.54, 1.807) is 0 Å². The largest absolute Gasteiger partial charge is 0.473 e. The fraction of sp³-hybridized carbons (Fsp3) is 0.588. The number of benzene rings is 1. The third-order valence-corrected chi connectivity index (χ3v) is 3.99. The van der Waals surface area contributed by atoms with Crippen LogP contribution in [0.4, 0.5) is 4.79 Å². The van der Waals surface area contributed by atoms with E-state index in [4.69, 9.17) is 9.47 Å². The molecule has 0 radical (unpaired) electrons. The van der Waals surface area contributed by atoms with E-state index in [0.717, 1.165) is 45.0 Å². The summed E-state index contributed by atoms with van der Waals surface area (Å²) >= 11 is 0. The zero-order valence-electron chi connectivity index (χ0n) is 14.1. The Hall–Kier alpha value is -1.79. The summed E-state index contributed by atoms with van der Waals surface area (Å²) in [5.41, 5.74) is 2.40. The van der Waals surface area contributed by atoms with Crippen molar-refractivity contribution in [3.63, 3.8) is 0 Å². The standard InChI is InChI=1S/C17H27N3O3/c1-14-4-5-16(12-15(14)2)23-13-19-17(21)18-6-3-7-20-8-10-22-11-9-20/h4-5,12H,3,6-11,13H2,1-2H3,(H2,18,19,21). The van der Waals surface area contributed by atoms with Gasteiger partial charge in [-0.25, -0.2) is 4.79 Å². The first kappa shape index (κ1) is 17.6. The smallest absolute Gasteiger partial charge is 0.317 e. The maximum absolute atomic E-state index is 11.7. The first-order chi connectivity index (χ1) is 11.1. The summed E-state index contributed by atoms with van der Waals surface area (Å²) < 4.78 is 10.8. The molecule has 0 atom stereocenters. The topological polar surface area (TPSA) is 62.8 Å². The zero-order valence-corrected chi connectivity index (χ0v) is 14.1. The molecule has 2 rings (SSSR count). The predicted octanol–water partition coefficient (Wildman–Crippen LogP) is 1.66. The molecule has 0 aliphatic carbocycles. The van der Waals surface area contributed by atoms with Gasteiger partial charge in [0.25, 0.3) is 0 Å². The number of carbonyl (C=O) groups is 1. The van der Waals surface area contributed by atoms with Gasteiger partial charge in [-0.2, -0.15) is 0 Å². The lowest BCUT2D eigenvalue weighted by Crippen LogP contribution is -2.40. The third-order valence-electron chi connectivity index (χ3n) is 3.99. The molecule has 0 unspecified atom stereocenters. The van der Waals surface area contributed by atoms with Crippen molar-refractivity contribution >= 4 is 6.03 Å². The molecule has 2 N–H and O–H groups in total. The minimum Gasteiger partial charge on any atom is -0.473 e. The van der Waals surface area contributed by atoms with Crippen LogP contribution in [0.2, 0.25) is 0 Å². The van der Waals surface area contributed by atoms with Gasteiger partial charge in [0.2, 0.25) is 0 Å². The Labute approximate surface area is 138 Å². The summed E-state index contributed by atoms with van der Waals surface area (Å²) in [7, 11) is 0. The van der Waals surface area contributed by atoms with E-state index in [-0.39, 0.29) is 12.8 Å². The fourth-order valence-electron chi connectivity index (χ4n) is 2.38. The molecule has 2 amide bonds. The van der Waals surface area contributed by atoms with Gasteiger partial charge in [-0.1, -0.05) is 6.07 Å². The first-order valence-electron chi connectivity index (χ1n) is 8.17. The molecule has 0 saturated carbocycles. The Kier molecular flexibility index (Phi) is 7.16. The highest BCUT2D eigenvalue weighted by Crippen LogP contribution is 2.15. The van der Waals surface area contributed by atoms with E-state index >= 15 is 0 Å². The summed E-state index contributed by atoms with van der Waals surface area (Å²) in [6.45, 7) is 9.49. The summed E-state index contributed by atoms with van der Waals surface area (Å²) in [6.07, 6.45) is 0.936. The lowest BCUT2D eigenvalue weighted by atomic mass is 10.1. The van der Waals surface area contributed by atoms with Gasteiger partial charge in [0.15, 0.2) is 6.73 Å². The number of ether oxygens (including phenoxy) is 2. The molecule has 1 aromatic rings. The van der Waals surface area contributed by atoms with Crippen molar-refractivity contribution in [3.05, 3.63) is 29.3 Å². The Morgan fingerprint density at radius 1 is 1.22 bits per heavy atom. The van der Waals surface area contributed by atoms with Crippen LogP contribution in [0.25, 0.3) is 0 Å². The Bertz CT molecular complexity index is 502. The van der Waals surface area contributed by atoms with Gasteiger partial charge >= 0.3 is 6.03 Å². The number of morpholine rings is 1. The molecule has 1 aliphatic rings. The number of amides is 2. The third kappa shape index (κ3) is 6.46. The SMILES string of the molecule is Cc1ccc(OCNC(=O)NCCCN2CCOCC2)cc1C. The number of aryl methyl sites for hydroxylation is 2. The minimum absolute atomic E-state index is 0.164. The number of hydrogen-bond donors (Lipinski definition) is 2. The second-order valence-corrected chi connectivity index (χ2v) is 5.77. The lowest BCUT2D eigenvalue weighted by Gasteiger charge is -2.26. The normalized spacial score (nSPS) is 15.2. The van der Waals surface area contributed by atoms with Crippen LogP contribution in [0.3, 0.4) is 0 Å². The number of nitrogens with one attached hydrogen (secondary N) is 2. The van der Waals surface area contributed by atoms with E-state index in [1.165, 1.54) is 11.1 Å². The molecule has 23 heavy (non-hydrogen) atoms. The summed E-state index contributed by atoms with van der Waals surface area (Å²) in [6, 6.07) is 5.69. The first-order valence-corrected chi connectivity index (χ1v) is 8.17. The molecule has 128 valence electrons. The van der Waals surface area contributed by atoms with E-state index < -0.39 is 0 Å². The predicted molar refractivity (Wildman–Crippen MR) is 89.8 cm³/mol. The second-order valence-electron chi connectivity index (χ2n) is 5.77. The molecule has 1 fully saturated rings. The highest BCUT2D eigenvalue weighted by atomic mass is 16.5. The van der Waals surface area contributed by atoms with Crippen LogP contribution in [-0.4, -0.2) is 57.1 Å². The van der Waals surface area contributed by atoms with Crippen molar-refractivity contribution in [3.8, 4) is 5.75 Å². The molecule has 1 aromatic carbocycles. The summed E-state index contributed by atoms with van der Waals surface area (Å²) in [5, 5.41) is 5.54. The molecule has 0 aromatic heterocycles. The number of nitrogens with zero attached hydrogens (tertiary/aromatic N) is 1. The molecule has 0 spiro atoms. The van der Waals surface area contributed by atoms with Crippen molar-refractivity contribution in [2.45, 2.75) is 20.3 Å². The maximum Gasteiger partial charge on any atom is 0.317 e. The lowest BCUT2D eigenvalue weighted by molar-refractivity contribution is 0.0375. The molecule has 0 bridgehead atoms. The molecular formula is C17H27N3O3. The van der Waals surface area contributed by atoms with Crippen LogP contribution in [0.15, 0.2) is 18.2 Å². The van der Waals surface area contributed by atoms with Crippen LogP contribution in [-0.2, 0) is 4.74 Å². The average Bonchev–Trinajstić information content (AvgIpc) is 2.56. The Balaban J connectivity index is 1.53. The van der Waals surface area contributed by atoms with Crippen LogP contribution < -0.4 is 15.4 Å². The van der Waals surface area contributed by atoms with Crippen LogP contribution in [0, 0.1) is 13.8 Å². The molecule has 1 saturated heterocycles. The molecule has 6 nitrogen and oxygen atoms in total. The van der Waals surface area contributed by atoms with Gasteiger partial charge in [0, 0.05) is 19.6 Å². The van der Waals surface area contributed by atoms with Crippen molar-refractivity contribution in [1.29, 1.82) is 0 Å². The van der Waals surface area contributed by atoms with Crippen LogP contribution in [0.5, 0.6) is 5.75 Å². The van der Waals surface area contributed by atoms with E-state index in [1.807, 2.05) is 25.1 Å². The molecule has 1 heterocycles. The monoisotopic (exact) mass is 321 g/mol. The second kappa shape index (κ2) is 9.37. The van der Waals surface area contributed by atoms with Gasteiger partial charge in [0.05, 0.1) is 13.2 Å². The van der Waals surface area contributed by atoms with Crippen molar-refractivity contribution in [2.24, 2.45) is 0 Å². The quantitative estimate of drug-likeness (QED) is 0.592. The van der Waals surface area contributed by atoms with Gasteiger partial charge < -0.3 is 20.1 Å².